The molecule has 0 saturated heterocycles. The van der Waals surface area contributed by atoms with Gasteiger partial charge in [-0.25, -0.2) is 0 Å². The molecule has 0 spiro atoms. The molecule has 0 aliphatic heterocycles. The van der Waals surface area contributed by atoms with Crippen LogP contribution < -0.4 is 56.1 Å². The van der Waals surface area contributed by atoms with Crippen LogP contribution in [0.2, 0.25) is 0 Å². The molecule has 1 atom stereocenters. The Morgan fingerprint density at radius 3 is 2.38 bits per heavy atom. The number of aliphatic hydroxyl groups is 1. The van der Waals surface area contributed by atoms with Gasteiger partial charge in [0.2, 0.25) is 0 Å². The predicted molar refractivity (Wildman–Crippen MR) is 76.3 cm³/mol. The van der Waals surface area contributed by atoms with Crippen molar-refractivity contribution in [1.82, 2.24) is 4.31 Å². The van der Waals surface area contributed by atoms with E-state index in [-0.39, 0.29) is 64.5 Å². The molecule has 21 heavy (non-hydrogen) atoms. The number of nitrogens with zero attached hydrogens (tertiary/aromatic N) is 1. The van der Waals surface area contributed by atoms with Gasteiger partial charge >= 0.3 is 61.7 Å². The van der Waals surface area contributed by atoms with Gasteiger partial charge in [0.05, 0.1) is 0 Å². The van der Waals surface area contributed by atoms with E-state index in [9.17, 15) is 13.5 Å². The van der Waals surface area contributed by atoms with Crippen molar-refractivity contribution in [2.45, 2.75) is 26.9 Å². The van der Waals surface area contributed by atoms with Gasteiger partial charge in [-0.15, -0.1) is 0 Å². The maximum atomic E-state index is 10.8. The molecule has 0 fully saturated rings. The summed E-state index contributed by atoms with van der Waals surface area (Å²) in [4.78, 5) is 0. The number of likely N-dealkylation sites (N-methyl/N-ethyl adjacent to an activating group) is 1. The molecule has 0 aliphatic carbocycles. The Kier molecular flexibility index (Phi) is 9.15. The minimum absolute atomic E-state index is 0. The third-order valence-electron chi connectivity index (χ3n) is 3.06. The van der Waals surface area contributed by atoms with Gasteiger partial charge in [0.25, 0.3) is 0 Å². The fourth-order valence-corrected chi connectivity index (χ4v) is 2.14. The van der Waals surface area contributed by atoms with Gasteiger partial charge in [0, 0.05) is 13.6 Å². The molecule has 0 aromatic heterocycles. The van der Waals surface area contributed by atoms with E-state index in [1.165, 1.54) is 7.05 Å². The number of hydrogen-bond acceptors (Lipinski definition) is 4. The van der Waals surface area contributed by atoms with E-state index in [0.717, 1.165) is 16.7 Å². The van der Waals surface area contributed by atoms with Gasteiger partial charge in [-0.3, -0.25) is 4.55 Å². The van der Waals surface area contributed by atoms with Crippen molar-refractivity contribution in [2.75, 3.05) is 20.2 Å². The summed E-state index contributed by atoms with van der Waals surface area (Å²) in [5.41, 5.74) is 3.11. The largest absolute Gasteiger partial charge is 1.00 e. The van der Waals surface area contributed by atoms with Crippen LogP contribution in [-0.2, 0) is 10.3 Å². The summed E-state index contributed by atoms with van der Waals surface area (Å²) in [6.07, 6.45) is -1.03. The normalized spacial score (nSPS) is 12.9. The summed E-state index contributed by atoms with van der Waals surface area (Å²) >= 11 is 0. The van der Waals surface area contributed by atoms with Crippen LogP contribution in [0, 0.1) is 20.8 Å². The molecule has 8 heteroatoms. The second-order valence-corrected chi connectivity index (χ2v) is 6.45. The molecule has 1 aromatic rings. The van der Waals surface area contributed by atoms with Crippen molar-refractivity contribution >= 4 is 10.3 Å². The van der Waals surface area contributed by atoms with Crippen LogP contribution in [0.4, 0.5) is 0 Å². The van der Waals surface area contributed by atoms with Gasteiger partial charge in [0.15, 0.2) is 0 Å². The Labute approximate surface area is 168 Å². The smallest absolute Gasteiger partial charge is 0.491 e. The van der Waals surface area contributed by atoms with Gasteiger partial charge in [-0.2, -0.15) is 12.7 Å². The molecule has 1 rings (SSSR count). The number of aryl methyl sites for hydroxylation is 2. The van der Waals surface area contributed by atoms with Crippen molar-refractivity contribution in [3.63, 3.8) is 0 Å². The van der Waals surface area contributed by atoms with Gasteiger partial charge < -0.3 is 9.84 Å². The van der Waals surface area contributed by atoms with Crippen LogP contribution in [0.1, 0.15) is 16.7 Å². The average Bonchev–Trinajstić information content (AvgIpc) is 2.30. The van der Waals surface area contributed by atoms with Crippen molar-refractivity contribution in [3.05, 3.63) is 28.8 Å². The molecule has 2 N–H and O–H groups in total. The van der Waals surface area contributed by atoms with Crippen LogP contribution in [-0.4, -0.2) is 48.7 Å². The zero-order valence-electron chi connectivity index (χ0n) is 13.1. The summed E-state index contributed by atoms with van der Waals surface area (Å²) in [5, 5.41) is 9.73. The van der Waals surface area contributed by atoms with Crippen LogP contribution in [0.5, 0.6) is 5.75 Å². The second kappa shape index (κ2) is 8.95. The maximum Gasteiger partial charge on any atom is 1.00 e. The fourth-order valence-electron chi connectivity index (χ4n) is 1.78. The van der Waals surface area contributed by atoms with E-state index in [0.29, 0.717) is 10.1 Å². The van der Waals surface area contributed by atoms with E-state index in [4.69, 9.17) is 9.29 Å². The molecule has 1 aromatic carbocycles. The number of ether oxygens (including phenoxy) is 1. The third-order valence-corrected chi connectivity index (χ3v) is 3.99. The number of benzene rings is 1. The van der Waals surface area contributed by atoms with Crippen molar-refractivity contribution < 1.29 is 74.2 Å². The molecule has 6 nitrogen and oxygen atoms in total. The van der Waals surface area contributed by atoms with Crippen molar-refractivity contribution in [2.24, 2.45) is 0 Å². The quantitative estimate of drug-likeness (QED) is 0.465. The Morgan fingerprint density at radius 2 is 1.86 bits per heavy atom. The monoisotopic (exact) mass is 342 g/mol. The third kappa shape index (κ3) is 7.06. The Balaban J connectivity index is 0.00000400. The molecule has 0 radical (unpaired) electrons. The van der Waals surface area contributed by atoms with E-state index in [1.807, 2.05) is 32.9 Å². The van der Waals surface area contributed by atoms with Gasteiger partial charge in [0.1, 0.15) is 18.5 Å². The average molecular weight is 342 g/mol. The van der Waals surface area contributed by atoms with Crippen molar-refractivity contribution in [3.8, 4) is 5.75 Å². The zero-order valence-corrected chi connectivity index (χ0v) is 17.1. The molecular formula is C13H21KNO5S+. The molecule has 0 saturated carbocycles. The van der Waals surface area contributed by atoms with Gasteiger partial charge in [-0.05, 0) is 43.5 Å². The van der Waals surface area contributed by atoms with E-state index in [2.05, 4.69) is 0 Å². The molecule has 0 amide bonds. The molecule has 1 unspecified atom stereocenters. The number of aliphatic hydroxyl groups excluding tert-OH is 1. The number of rotatable bonds is 6. The molecule has 114 valence electrons. The minimum Gasteiger partial charge on any atom is -0.491 e. The van der Waals surface area contributed by atoms with E-state index < -0.39 is 16.4 Å². The Bertz CT molecular complexity index is 576. The maximum absolute atomic E-state index is 10.8. The van der Waals surface area contributed by atoms with Crippen LogP contribution in [0.3, 0.4) is 0 Å². The zero-order chi connectivity index (χ0) is 15.5. The van der Waals surface area contributed by atoms with Crippen LogP contribution in [0.15, 0.2) is 12.1 Å². The van der Waals surface area contributed by atoms with Crippen molar-refractivity contribution in [1.29, 1.82) is 0 Å². The van der Waals surface area contributed by atoms with Crippen LogP contribution >= 0.6 is 0 Å². The Hall–Kier alpha value is 0.486. The number of hydrogen-bond donors (Lipinski definition) is 2. The fraction of sp³-hybridized carbons (Fsp3) is 0.538. The standard InChI is InChI=1S/C13H21NO5S.K/c1-9-5-10(2)11(3)13(6-9)19-8-12(15)7-14(4)20(16,17)18;/h5-6,12,15H,7-8H2,1-4H3,(H,16,17,18);/q;+1. The SMILES string of the molecule is Cc1cc(C)c(C)c(OCC(O)CN(C)S(=O)(=O)O)c1.[K+]. The first-order valence-electron chi connectivity index (χ1n) is 6.18. The van der Waals surface area contributed by atoms with Crippen LogP contribution in [0.25, 0.3) is 0 Å². The second-order valence-electron chi connectivity index (χ2n) is 4.93. The summed E-state index contributed by atoms with van der Waals surface area (Å²) in [7, 11) is -3.10. The van der Waals surface area contributed by atoms with E-state index >= 15 is 0 Å². The summed E-state index contributed by atoms with van der Waals surface area (Å²) in [6, 6.07) is 3.90. The predicted octanol–water partition coefficient (Wildman–Crippen LogP) is -1.91. The summed E-state index contributed by atoms with van der Waals surface area (Å²) in [6.45, 7) is 5.55. The van der Waals surface area contributed by atoms with Gasteiger partial charge in [-0.1, -0.05) is 6.07 Å². The summed E-state index contributed by atoms with van der Waals surface area (Å²) in [5.74, 6) is 0.663. The molecular weight excluding hydrogens is 321 g/mol. The molecule has 0 aliphatic rings. The molecule has 0 bridgehead atoms. The first-order valence-corrected chi connectivity index (χ1v) is 7.58. The minimum atomic E-state index is -4.28. The summed E-state index contributed by atoms with van der Waals surface area (Å²) < 4.78 is 36.6. The van der Waals surface area contributed by atoms with E-state index in [1.54, 1.807) is 0 Å². The topological polar surface area (TPSA) is 87.1 Å². The first-order chi connectivity index (χ1) is 9.11. The molecule has 0 heterocycles. The Morgan fingerprint density at radius 1 is 1.29 bits per heavy atom. The first kappa shape index (κ1) is 21.5.